The number of hydrogen-bond acceptors (Lipinski definition) is 9. The Morgan fingerprint density at radius 2 is 1.91 bits per heavy atom. The Labute approximate surface area is 255 Å². The number of anilines is 2. The fourth-order valence-electron chi connectivity index (χ4n) is 4.97. The van der Waals surface area contributed by atoms with Crippen molar-refractivity contribution in [3.63, 3.8) is 0 Å². The third-order valence-electron chi connectivity index (χ3n) is 7.66. The van der Waals surface area contributed by atoms with Crippen LogP contribution >= 0.6 is 0 Å². The first kappa shape index (κ1) is 32.7. The molecule has 44 heavy (non-hydrogen) atoms. The molecule has 3 amide bonds. The normalized spacial score (nSPS) is 16.3. The average molecular weight is 612 g/mol. The Balaban J connectivity index is 1.83. The van der Waals surface area contributed by atoms with Crippen LogP contribution in [-0.4, -0.2) is 66.5 Å². The van der Waals surface area contributed by atoms with Gasteiger partial charge < -0.3 is 26.0 Å². The molecule has 0 aliphatic carbocycles. The van der Waals surface area contributed by atoms with Crippen molar-refractivity contribution in [3.8, 4) is 5.75 Å². The largest absolute Gasteiger partial charge is 0.494 e. The molecule has 0 spiro atoms. The van der Waals surface area contributed by atoms with Gasteiger partial charge >= 0.3 is 0 Å². The van der Waals surface area contributed by atoms with Crippen LogP contribution in [0.3, 0.4) is 0 Å². The van der Waals surface area contributed by atoms with Gasteiger partial charge in [-0.1, -0.05) is 26.8 Å². The van der Waals surface area contributed by atoms with Crippen molar-refractivity contribution in [2.45, 2.75) is 65.2 Å². The van der Waals surface area contributed by atoms with Crippen LogP contribution in [0.25, 0.3) is 10.9 Å². The Morgan fingerprint density at radius 3 is 2.52 bits per heavy atom. The lowest BCUT2D eigenvalue weighted by molar-refractivity contribution is -0.134. The number of rotatable bonds is 10. The van der Waals surface area contributed by atoms with Crippen LogP contribution < -0.4 is 30.9 Å². The summed E-state index contributed by atoms with van der Waals surface area (Å²) >= 11 is 0. The van der Waals surface area contributed by atoms with Gasteiger partial charge in [-0.2, -0.15) is 0 Å². The van der Waals surface area contributed by atoms with E-state index in [1.165, 1.54) is 19.5 Å². The van der Waals surface area contributed by atoms with E-state index in [1.54, 1.807) is 46.9 Å². The van der Waals surface area contributed by atoms with E-state index in [-0.39, 0.29) is 23.5 Å². The molecule has 1 aliphatic heterocycles. The highest BCUT2D eigenvalue weighted by molar-refractivity contribution is 6.20. The predicted molar refractivity (Wildman–Crippen MR) is 163 cm³/mol. The van der Waals surface area contributed by atoms with Gasteiger partial charge in [0, 0.05) is 29.6 Å². The van der Waals surface area contributed by atoms with E-state index < -0.39 is 52.9 Å². The minimum absolute atomic E-state index is 0.0189. The maximum atomic E-state index is 14.5. The highest BCUT2D eigenvalue weighted by atomic mass is 19.1. The Morgan fingerprint density at radius 1 is 1.16 bits per heavy atom. The third-order valence-corrected chi connectivity index (χ3v) is 7.66. The summed E-state index contributed by atoms with van der Waals surface area (Å²) < 4.78 is 33.4. The predicted octanol–water partition coefficient (Wildman–Crippen LogP) is 3.28. The minimum Gasteiger partial charge on any atom is -0.494 e. The van der Waals surface area contributed by atoms with E-state index in [2.05, 4.69) is 31.2 Å². The summed E-state index contributed by atoms with van der Waals surface area (Å²) in [5.74, 6) is -2.43. The number of likely N-dealkylation sites (N-methyl/N-ethyl adjacent to an activating group) is 1. The molecule has 13 heteroatoms. The van der Waals surface area contributed by atoms with Crippen molar-refractivity contribution < 1.29 is 27.9 Å². The number of benzene rings is 2. The van der Waals surface area contributed by atoms with Crippen LogP contribution in [0.1, 0.15) is 46.1 Å². The van der Waals surface area contributed by atoms with E-state index in [1.807, 2.05) is 0 Å². The van der Waals surface area contributed by atoms with Crippen molar-refractivity contribution in [2.24, 2.45) is 5.41 Å². The van der Waals surface area contributed by atoms with Gasteiger partial charge in [0.25, 0.3) is 11.8 Å². The minimum atomic E-state index is -1.08. The van der Waals surface area contributed by atoms with Crippen molar-refractivity contribution in [2.75, 3.05) is 30.9 Å². The van der Waals surface area contributed by atoms with Gasteiger partial charge in [-0.05, 0) is 50.9 Å². The first-order chi connectivity index (χ1) is 20.8. The molecule has 236 valence electrons. The van der Waals surface area contributed by atoms with Crippen LogP contribution in [0.4, 0.5) is 20.3 Å². The highest BCUT2D eigenvalue weighted by Gasteiger charge is 2.42. The number of methoxy groups -OCH3 is 1. The standard InChI is InChI=1S/C31H39F2N7O4/c1-17(34-5)28(41)39-26(31(2,3)4)30(43)40(29(42)22-8-7-11-35-22)24-13-20-23(14-25(24)44-6)37-16-38-27(20)36-15-18-9-10-19(32)12-21(18)33/h9-10,12-14,16-17,22,26,34-35H,7-8,11,15H2,1-6H3,(H,39,41)(H,36,37,38)/t17-,22-,26+/m0/s1. The van der Waals surface area contributed by atoms with E-state index >= 15 is 0 Å². The summed E-state index contributed by atoms with van der Waals surface area (Å²) in [6.07, 6.45) is 2.60. The summed E-state index contributed by atoms with van der Waals surface area (Å²) in [5.41, 5.74) is 0.0107. The molecule has 0 unspecified atom stereocenters. The van der Waals surface area contributed by atoms with E-state index in [0.717, 1.165) is 23.5 Å². The van der Waals surface area contributed by atoms with E-state index in [9.17, 15) is 23.2 Å². The number of nitrogens with one attached hydrogen (secondary N) is 4. The number of aromatic nitrogens is 2. The average Bonchev–Trinajstić information content (AvgIpc) is 3.53. The molecule has 4 rings (SSSR count). The molecule has 0 saturated carbocycles. The topological polar surface area (TPSA) is 138 Å². The zero-order chi connectivity index (χ0) is 32.2. The molecule has 2 heterocycles. The first-order valence-electron chi connectivity index (χ1n) is 14.4. The number of carbonyl (C=O) groups is 3. The van der Waals surface area contributed by atoms with Gasteiger partial charge in [0.2, 0.25) is 5.91 Å². The van der Waals surface area contributed by atoms with Crippen molar-refractivity contribution in [1.82, 2.24) is 25.9 Å². The lowest BCUT2D eigenvalue weighted by atomic mass is 9.85. The molecule has 1 saturated heterocycles. The number of nitrogens with zero attached hydrogens (tertiary/aromatic N) is 3. The second kappa shape index (κ2) is 13.6. The number of imide groups is 1. The zero-order valence-electron chi connectivity index (χ0n) is 25.8. The summed E-state index contributed by atoms with van der Waals surface area (Å²) in [7, 11) is 3.05. The van der Waals surface area contributed by atoms with Crippen LogP contribution in [0, 0.1) is 17.0 Å². The Hall–Kier alpha value is -4.23. The summed E-state index contributed by atoms with van der Waals surface area (Å²) in [4.78, 5) is 51.2. The molecule has 0 bridgehead atoms. The zero-order valence-corrected chi connectivity index (χ0v) is 25.8. The molecular weight excluding hydrogens is 572 g/mol. The lowest BCUT2D eigenvalue weighted by Crippen LogP contribution is -2.60. The number of halogens is 2. The SMILES string of the molecule is CN[C@@H](C)C(=O)N[C@H](C(=O)N(C(=O)[C@@H]1CCCN1)c1cc2c(NCc3ccc(F)cc3F)ncnc2cc1OC)C(C)(C)C. The second-order valence-electron chi connectivity index (χ2n) is 11.8. The van der Waals surface area contributed by atoms with Crippen molar-refractivity contribution >= 4 is 40.1 Å². The Kier molecular flexibility index (Phi) is 10.1. The van der Waals surface area contributed by atoms with Crippen LogP contribution in [0.2, 0.25) is 0 Å². The van der Waals surface area contributed by atoms with Gasteiger partial charge in [0.1, 0.15) is 35.6 Å². The number of ether oxygens (including phenoxy) is 1. The van der Waals surface area contributed by atoms with Gasteiger partial charge in [0.05, 0.1) is 30.4 Å². The third kappa shape index (κ3) is 7.11. The fraction of sp³-hybridized carbons (Fsp3) is 0.452. The molecule has 4 N–H and O–H groups in total. The first-order valence-corrected chi connectivity index (χ1v) is 14.4. The monoisotopic (exact) mass is 611 g/mol. The molecule has 11 nitrogen and oxygen atoms in total. The Bertz CT molecular complexity index is 1540. The van der Waals surface area contributed by atoms with Crippen molar-refractivity contribution in [1.29, 1.82) is 0 Å². The highest BCUT2D eigenvalue weighted by Crippen LogP contribution is 2.37. The molecule has 3 aromatic rings. The molecule has 1 aliphatic rings. The molecule has 3 atom stereocenters. The quantitative estimate of drug-likeness (QED) is 0.272. The second-order valence-corrected chi connectivity index (χ2v) is 11.8. The summed E-state index contributed by atoms with van der Waals surface area (Å²) in [5, 5.41) is 12.3. The summed E-state index contributed by atoms with van der Waals surface area (Å²) in [6.45, 7) is 7.68. The number of amides is 3. The molecule has 1 aromatic heterocycles. The lowest BCUT2D eigenvalue weighted by Gasteiger charge is -2.36. The van der Waals surface area contributed by atoms with Gasteiger partial charge in [-0.15, -0.1) is 0 Å². The van der Waals surface area contributed by atoms with Crippen molar-refractivity contribution in [3.05, 3.63) is 53.9 Å². The van der Waals surface area contributed by atoms with Gasteiger partial charge in [-0.25, -0.2) is 23.6 Å². The maximum Gasteiger partial charge on any atom is 0.257 e. The molecule has 1 fully saturated rings. The summed E-state index contributed by atoms with van der Waals surface area (Å²) in [6, 6.07) is 4.15. The molecule has 0 radical (unpaired) electrons. The van der Waals surface area contributed by atoms with Gasteiger partial charge in [0.15, 0.2) is 0 Å². The maximum absolute atomic E-state index is 14.5. The van der Waals surface area contributed by atoms with Crippen LogP contribution in [0.5, 0.6) is 5.75 Å². The van der Waals surface area contributed by atoms with Crippen LogP contribution in [-0.2, 0) is 20.9 Å². The smallest absolute Gasteiger partial charge is 0.257 e. The number of carbonyl (C=O) groups excluding carboxylic acids is 3. The van der Waals surface area contributed by atoms with E-state index in [4.69, 9.17) is 4.74 Å². The molecule has 2 aromatic carbocycles. The van der Waals surface area contributed by atoms with Crippen LogP contribution in [0.15, 0.2) is 36.7 Å². The van der Waals surface area contributed by atoms with E-state index in [0.29, 0.717) is 29.7 Å². The molecular formula is C31H39F2N7O4. The fourth-order valence-corrected chi connectivity index (χ4v) is 4.97. The number of hydrogen-bond donors (Lipinski definition) is 4. The van der Waals surface area contributed by atoms with Gasteiger partial charge in [-0.3, -0.25) is 14.4 Å². The number of fused-ring (bicyclic) bond motifs is 1.